The van der Waals surface area contributed by atoms with Gasteiger partial charge in [-0.2, -0.15) is 0 Å². The van der Waals surface area contributed by atoms with E-state index in [-0.39, 0.29) is 5.75 Å². The molecular formula is C17H16O4. The number of aromatic hydroxyl groups is 1. The first kappa shape index (κ1) is 13.4. The summed E-state index contributed by atoms with van der Waals surface area (Å²) in [5.74, 6) is 1.94. The monoisotopic (exact) mass is 284 g/mol. The summed E-state index contributed by atoms with van der Waals surface area (Å²) >= 11 is 0. The molecule has 0 heterocycles. The number of hydrogen-bond acceptors (Lipinski definition) is 4. The standard InChI is InChI=1S/C17H16O4/c1-19-14-9-10-8-13(18)11-6-4-5-7-12(11)15(10)17(21-3)16(14)20-2/h4-9,18H,1-3H3. The second-order valence-corrected chi connectivity index (χ2v) is 4.68. The van der Waals surface area contributed by atoms with E-state index in [1.807, 2.05) is 30.3 Å². The van der Waals surface area contributed by atoms with Crippen LogP contribution >= 0.6 is 0 Å². The number of phenolic OH excluding ortho intramolecular Hbond substituents is 1. The molecule has 0 aliphatic carbocycles. The molecule has 0 bridgehead atoms. The Morgan fingerprint density at radius 2 is 1.48 bits per heavy atom. The molecule has 0 radical (unpaired) electrons. The van der Waals surface area contributed by atoms with Gasteiger partial charge in [-0.05, 0) is 22.9 Å². The van der Waals surface area contributed by atoms with Gasteiger partial charge in [0.25, 0.3) is 0 Å². The van der Waals surface area contributed by atoms with Gasteiger partial charge in [0, 0.05) is 10.8 Å². The van der Waals surface area contributed by atoms with E-state index in [9.17, 15) is 5.11 Å². The normalized spacial score (nSPS) is 10.8. The van der Waals surface area contributed by atoms with Crippen LogP contribution in [0.15, 0.2) is 36.4 Å². The Balaban J connectivity index is 2.57. The number of phenols is 1. The van der Waals surface area contributed by atoms with Crippen molar-refractivity contribution >= 4 is 21.5 Å². The Morgan fingerprint density at radius 1 is 0.810 bits per heavy atom. The van der Waals surface area contributed by atoms with E-state index in [1.165, 1.54) is 0 Å². The molecule has 0 saturated heterocycles. The van der Waals surface area contributed by atoms with Gasteiger partial charge in [-0.1, -0.05) is 24.3 Å². The highest BCUT2D eigenvalue weighted by Gasteiger charge is 2.18. The van der Waals surface area contributed by atoms with E-state index in [0.29, 0.717) is 17.2 Å². The zero-order valence-corrected chi connectivity index (χ0v) is 12.1. The van der Waals surface area contributed by atoms with Crippen molar-refractivity contribution in [3.63, 3.8) is 0 Å². The highest BCUT2D eigenvalue weighted by molar-refractivity contribution is 6.14. The Bertz CT molecular complexity index is 824. The van der Waals surface area contributed by atoms with E-state index < -0.39 is 0 Å². The zero-order chi connectivity index (χ0) is 15.0. The molecule has 3 aromatic rings. The molecule has 0 atom stereocenters. The maximum atomic E-state index is 10.2. The van der Waals surface area contributed by atoms with Crippen molar-refractivity contribution in [2.24, 2.45) is 0 Å². The van der Waals surface area contributed by atoms with Gasteiger partial charge < -0.3 is 19.3 Å². The summed E-state index contributed by atoms with van der Waals surface area (Å²) in [6.07, 6.45) is 0. The van der Waals surface area contributed by atoms with Crippen molar-refractivity contribution in [1.82, 2.24) is 0 Å². The maximum absolute atomic E-state index is 10.2. The quantitative estimate of drug-likeness (QED) is 0.745. The van der Waals surface area contributed by atoms with Crippen molar-refractivity contribution in [2.75, 3.05) is 21.3 Å². The summed E-state index contributed by atoms with van der Waals surface area (Å²) in [5.41, 5.74) is 0. The minimum atomic E-state index is 0.229. The molecule has 0 fully saturated rings. The molecule has 0 aliphatic heterocycles. The summed E-state index contributed by atoms with van der Waals surface area (Å²) in [5, 5.41) is 13.6. The van der Waals surface area contributed by atoms with Gasteiger partial charge in [-0.15, -0.1) is 0 Å². The van der Waals surface area contributed by atoms with Crippen LogP contribution in [0.2, 0.25) is 0 Å². The lowest BCUT2D eigenvalue weighted by atomic mass is 9.99. The SMILES string of the molecule is COc1cc2cc(O)c3ccccc3c2c(OC)c1OC. The number of hydrogen-bond donors (Lipinski definition) is 1. The lowest BCUT2D eigenvalue weighted by molar-refractivity contribution is 0.327. The third kappa shape index (κ3) is 1.91. The molecule has 21 heavy (non-hydrogen) atoms. The second-order valence-electron chi connectivity index (χ2n) is 4.68. The van der Waals surface area contributed by atoms with Gasteiger partial charge in [0.1, 0.15) is 5.75 Å². The molecule has 0 aromatic heterocycles. The molecule has 4 nitrogen and oxygen atoms in total. The van der Waals surface area contributed by atoms with Crippen molar-refractivity contribution in [1.29, 1.82) is 0 Å². The summed E-state index contributed by atoms with van der Waals surface area (Å²) in [4.78, 5) is 0. The molecule has 3 aromatic carbocycles. The van der Waals surface area contributed by atoms with Gasteiger partial charge in [0.15, 0.2) is 11.5 Å². The first-order valence-electron chi connectivity index (χ1n) is 6.54. The minimum absolute atomic E-state index is 0.229. The van der Waals surface area contributed by atoms with Crippen LogP contribution in [0.25, 0.3) is 21.5 Å². The molecule has 1 N–H and O–H groups in total. The van der Waals surface area contributed by atoms with Crippen LogP contribution in [0, 0.1) is 0 Å². The van der Waals surface area contributed by atoms with Gasteiger partial charge in [-0.25, -0.2) is 0 Å². The first-order chi connectivity index (χ1) is 10.2. The molecule has 0 aliphatic rings. The Morgan fingerprint density at radius 3 is 2.10 bits per heavy atom. The van der Waals surface area contributed by atoms with Crippen LogP contribution in [-0.2, 0) is 0 Å². The molecule has 0 unspecified atom stereocenters. The lowest BCUT2D eigenvalue weighted by Crippen LogP contribution is -1.96. The molecule has 4 heteroatoms. The third-order valence-electron chi connectivity index (χ3n) is 3.63. The highest BCUT2D eigenvalue weighted by Crippen LogP contribution is 2.47. The Hall–Kier alpha value is -2.62. The van der Waals surface area contributed by atoms with E-state index >= 15 is 0 Å². The summed E-state index contributed by atoms with van der Waals surface area (Å²) in [6.45, 7) is 0. The van der Waals surface area contributed by atoms with Crippen LogP contribution in [0.1, 0.15) is 0 Å². The molecule has 108 valence electrons. The van der Waals surface area contributed by atoms with Crippen LogP contribution in [-0.4, -0.2) is 26.4 Å². The minimum Gasteiger partial charge on any atom is -0.507 e. The fourth-order valence-electron chi connectivity index (χ4n) is 2.72. The number of rotatable bonds is 3. The van der Waals surface area contributed by atoms with Crippen molar-refractivity contribution in [3.05, 3.63) is 36.4 Å². The largest absolute Gasteiger partial charge is 0.507 e. The maximum Gasteiger partial charge on any atom is 0.203 e. The number of benzene rings is 3. The number of fused-ring (bicyclic) bond motifs is 3. The molecule has 0 saturated carbocycles. The predicted molar refractivity (Wildman–Crippen MR) is 82.8 cm³/mol. The topological polar surface area (TPSA) is 47.9 Å². The average molecular weight is 284 g/mol. The third-order valence-corrected chi connectivity index (χ3v) is 3.63. The molecular weight excluding hydrogens is 268 g/mol. The average Bonchev–Trinajstić information content (AvgIpc) is 2.53. The van der Waals surface area contributed by atoms with Gasteiger partial charge in [-0.3, -0.25) is 0 Å². The predicted octanol–water partition coefficient (Wildman–Crippen LogP) is 3.72. The second kappa shape index (κ2) is 5.05. The fourth-order valence-corrected chi connectivity index (χ4v) is 2.72. The Kier molecular flexibility index (Phi) is 3.22. The smallest absolute Gasteiger partial charge is 0.203 e. The van der Waals surface area contributed by atoms with E-state index in [1.54, 1.807) is 27.4 Å². The van der Waals surface area contributed by atoms with E-state index in [0.717, 1.165) is 21.5 Å². The number of ether oxygens (including phenoxy) is 3. The van der Waals surface area contributed by atoms with Crippen LogP contribution < -0.4 is 14.2 Å². The lowest BCUT2D eigenvalue weighted by Gasteiger charge is -2.16. The summed E-state index contributed by atoms with van der Waals surface area (Å²) in [6, 6.07) is 11.2. The summed E-state index contributed by atoms with van der Waals surface area (Å²) < 4.78 is 16.3. The van der Waals surface area contributed by atoms with Gasteiger partial charge in [0.05, 0.1) is 21.3 Å². The fraction of sp³-hybridized carbons (Fsp3) is 0.176. The molecule has 0 amide bonds. The van der Waals surface area contributed by atoms with Crippen molar-refractivity contribution in [2.45, 2.75) is 0 Å². The van der Waals surface area contributed by atoms with Gasteiger partial charge >= 0.3 is 0 Å². The van der Waals surface area contributed by atoms with Crippen LogP contribution in [0.5, 0.6) is 23.0 Å². The first-order valence-corrected chi connectivity index (χ1v) is 6.54. The van der Waals surface area contributed by atoms with E-state index in [2.05, 4.69) is 0 Å². The van der Waals surface area contributed by atoms with Crippen molar-refractivity contribution < 1.29 is 19.3 Å². The van der Waals surface area contributed by atoms with Crippen LogP contribution in [0.3, 0.4) is 0 Å². The van der Waals surface area contributed by atoms with Gasteiger partial charge in [0.2, 0.25) is 5.75 Å². The zero-order valence-electron chi connectivity index (χ0n) is 12.1. The summed E-state index contributed by atoms with van der Waals surface area (Å²) in [7, 11) is 4.75. The van der Waals surface area contributed by atoms with E-state index in [4.69, 9.17) is 14.2 Å². The molecule has 0 spiro atoms. The molecule has 3 rings (SSSR count). The number of methoxy groups -OCH3 is 3. The highest BCUT2D eigenvalue weighted by atomic mass is 16.5. The Labute approximate surface area is 122 Å². The van der Waals surface area contributed by atoms with Crippen LogP contribution in [0.4, 0.5) is 0 Å². The van der Waals surface area contributed by atoms with Crippen molar-refractivity contribution in [3.8, 4) is 23.0 Å².